The second-order valence-electron chi connectivity index (χ2n) is 8.10. The highest BCUT2D eigenvalue weighted by molar-refractivity contribution is 6.30. The van der Waals surface area contributed by atoms with E-state index in [1.807, 2.05) is 6.92 Å². The summed E-state index contributed by atoms with van der Waals surface area (Å²) in [5, 5.41) is 3.76. The minimum absolute atomic E-state index is 0.0265. The minimum atomic E-state index is -1.23. The van der Waals surface area contributed by atoms with Crippen molar-refractivity contribution in [3.63, 3.8) is 0 Å². The number of piperidine rings is 1. The van der Waals surface area contributed by atoms with Gasteiger partial charge in [0.2, 0.25) is 0 Å². The molecule has 1 aromatic heterocycles. The van der Waals surface area contributed by atoms with E-state index in [0.717, 1.165) is 10.9 Å². The number of halogens is 2. The van der Waals surface area contributed by atoms with Gasteiger partial charge in [-0.2, -0.15) is 0 Å². The van der Waals surface area contributed by atoms with E-state index in [1.165, 1.54) is 4.90 Å². The highest BCUT2D eigenvalue weighted by Crippen LogP contribution is 2.30. The summed E-state index contributed by atoms with van der Waals surface area (Å²) in [6.45, 7) is 7.26. The van der Waals surface area contributed by atoms with Crippen molar-refractivity contribution in [2.75, 3.05) is 13.1 Å². The molecule has 152 valence electrons. The molecule has 8 heteroatoms. The first-order valence-electron chi connectivity index (χ1n) is 9.15. The quantitative estimate of drug-likeness (QED) is 0.792. The van der Waals surface area contributed by atoms with E-state index in [4.69, 9.17) is 20.8 Å². The first kappa shape index (κ1) is 20.5. The van der Waals surface area contributed by atoms with Gasteiger partial charge in [-0.25, -0.2) is 9.18 Å². The fourth-order valence-corrected chi connectivity index (χ4v) is 3.48. The van der Waals surface area contributed by atoms with E-state index in [1.54, 1.807) is 39.0 Å². The van der Waals surface area contributed by atoms with Gasteiger partial charge in [-0.1, -0.05) is 6.07 Å². The number of carbonyl (C=O) groups excluding carboxylic acids is 2. The van der Waals surface area contributed by atoms with Gasteiger partial charge < -0.3 is 19.4 Å². The Bertz CT molecular complexity index is 905. The van der Waals surface area contributed by atoms with E-state index in [9.17, 15) is 14.0 Å². The highest BCUT2D eigenvalue weighted by atomic mass is 35.5. The number of amides is 2. The average Bonchev–Trinajstić information content (AvgIpc) is 2.85. The van der Waals surface area contributed by atoms with Crippen LogP contribution in [0.25, 0.3) is 11.0 Å². The Hall–Kier alpha value is -2.28. The molecule has 28 heavy (non-hydrogen) atoms. The van der Waals surface area contributed by atoms with E-state index in [2.05, 4.69) is 5.32 Å². The van der Waals surface area contributed by atoms with Gasteiger partial charge in [0, 0.05) is 29.5 Å². The molecule has 2 heterocycles. The van der Waals surface area contributed by atoms with Crippen LogP contribution >= 0.6 is 11.6 Å². The number of alkyl carbamates (subject to hydrolysis) is 1. The van der Waals surface area contributed by atoms with E-state index < -0.39 is 23.9 Å². The molecule has 1 saturated heterocycles. The molecule has 6 nitrogen and oxygen atoms in total. The van der Waals surface area contributed by atoms with Crippen molar-refractivity contribution >= 4 is 34.6 Å². The zero-order valence-corrected chi connectivity index (χ0v) is 17.1. The van der Waals surface area contributed by atoms with Crippen molar-refractivity contribution < 1.29 is 23.1 Å². The maximum atomic E-state index is 14.2. The molecule has 1 aliphatic heterocycles. The zero-order chi connectivity index (χ0) is 20.6. The molecule has 2 amide bonds. The Kier molecular flexibility index (Phi) is 5.57. The largest absolute Gasteiger partial charge is 0.444 e. The average molecular weight is 411 g/mol. The number of aryl methyl sites for hydroxylation is 1. The third-order valence-corrected chi connectivity index (χ3v) is 4.90. The van der Waals surface area contributed by atoms with Gasteiger partial charge in [-0.15, -0.1) is 0 Å². The van der Waals surface area contributed by atoms with Gasteiger partial charge in [0.05, 0.1) is 12.6 Å². The first-order chi connectivity index (χ1) is 13.0. The number of fused-ring (bicyclic) bond motifs is 1. The third kappa shape index (κ3) is 4.58. The predicted molar refractivity (Wildman–Crippen MR) is 105 cm³/mol. The topological polar surface area (TPSA) is 71.8 Å². The molecule has 0 spiro atoms. The van der Waals surface area contributed by atoms with Crippen molar-refractivity contribution in [3.05, 3.63) is 34.5 Å². The molecule has 0 bridgehead atoms. The number of furan rings is 1. The lowest BCUT2D eigenvalue weighted by Gasteiger charge is -2.35. The van der Waals surface area contributed by atoms with Crippen LogP contribution in [-0.2, 0) is 4.74 Å². The second kappa shape index (κ2) is 7.62. The van der Waals surface area contributed by atoms with Crippen LogP contribution in [0.3, 0.4) is 0 Å². The Morgan fingerprint density at radius 2 is 2.04 bits per heavy atom. The van der Waals surface area contributed by atoms with Gasteiger partial charge in [-0.05, 0) is 51.4 Å². The molecular formula is C20H24ClFN2O4. The summed E-state index contributed by atoms with van der Waals surface area (Å²) in [6, 6.07) is 4.52. The SMILES string of the molecule is Cc1c(Cl)oc2cc(C(=O)N3C[C@H](F)C[C@@H](NC(=O)OC(C)(C)C)C3)ccc12. The molecule has 1 aliphatic rings. The summed E-state index contributed by atoms with van der Waals surface area (Å²) in [7, 11) is 0. The van der Waals surface area contributed by atoms with Gasteiger partial charge in [0.1, 0.15) is 17.4 Å². The number of ether oxygens (including phenoxy) is 1. The van der Waals surface area contributed by atoms with Gasteiger partial charge in [0.15, 0.2) is 5.22 Å². The monoisotopic (exact) mass is 410 g/mol. The lowest BCUT2D eigenvalue weighted by molar-refractivity contribution is 0.0395. The van der Waals surface area contributed by atoms with Crippen molar-refractivity contribution in [2.45, 2.75) is 51.9 Å². The summed E-state index contributed by atoms with van der Waals surface area (Å²) in [6.07, 6.45) is -1.72. The number of rotatable bonds is 2. The smallest absolute Gasteiger partial charge is 0.407 e. The maximum Gasteiger partial charge on any atom is 0.407 e. The van der Waals surface area contributed by atoms with Crippen LogP contribution in [0.4, 0.5) is 9.18 Å². The number of hydrogen-bond donors (Lipinski definition) is 1. The summed E-state index contributed by atoms with van der Waals surface area (Å²) in [5.74, 6) is -0.328. The maximum absolute atomic E-state index is 14.2. The molecule has 1 aromatic carbocycles. The van der Waals surface area contributed by atoms with Crippen LogP contribution in [0.1, 0.15) is 43.1 Å². The molecule has 0 saturated carbocycles. The molecule has 0 radical (unpaired) electrons. The summed E-state index contributed by atoms with van der Waals surface area (Å²) in [4.78, 5) is 26.3. The normalized spacial score (nSPS) is 20.3. The molecule has 1 fully saturated rings. The number of alkyl halides is 1. The molecule has 2 atom stereocenters. The van der Waals surface area contributed by atoms with Gasteiger partial charge >= 0.3 is 6.09 Å². The Morgan fingerprint density at radius 1 is 1.32 bits per heavy atom. The molecule has 1 N–H and O–H groups in total. The minimum Gasteiger partial charge on any atom is -0.444 e. The number of benzene rings is 1. The number of hydrogen-bond acceptors (Lipinski definition) is 4. The summed E-state index contributed by atoms with van der Waals surface area (Å²) >= 11 is 6.00. The van der Waals surface area contributed by atoms with Crippen LogP contribution in [0.5, 0.6) is 0 Å². The van der Waals surface area contributed by atoms with E-state index >= 15 is 0 Å². The molecule has 0 unspecified atom stereocenters. The molecular weight excluding hydrogens is 387 g/mol. The molecule has 0 aliphatic carbocycles. The van der Waals surface area contributed by atoms with Gasteiger partial charge in [-0.3, -0.25) is 4.79 Å². The summed E-state index contributed by atoms with van der Waals surface area (Å²) < 4.78 is 24.9. The predicted octanol–water partition coefficient (Wildman–Crippen LogP) is 4.47. The number of nitrogens with zero attached hydrogens (tertiary/aromatic N) is 1. The molecule has 3 rings (SSSR count). The van der Waals surface area contributed by atoms with Crippen molar-refractivity contribution in [3.8, 4) is 0 Å². The standard InChI is InChI=1S/C20H24ClFN2O4/c1-11-15-6-5-12(7-16(15)27-17(11)21)18(25)24-9-13(22)8-14(10-24)23-19(26)28-20(2,3)4/h5-7,13-14H,8-10H2,1-4H3,(H,23,26)/t13-,14-/m1/s1. The van der Waals surface area contributed by atoms with Crippen LogP contribution in [-0.4, -0.2) is 47.8 Å². The Labute approximate surface area is 167 Å². The van der Waals surface area contributed by atoms with Crippen LogP contribution in [0.2, 0.25) is 5.22 Å². The van der Waals surface area contributed by atoms with E-state index in [0.29, 0.717) is 11.1 Å². The first-order valence-corrected chi connectivity index (χ1v) is 9.53. The highest BCUT2D eigenvalue weighted by Gasteiger charge is 2.32. The van der Waals surface area contributed by atoms with Crippen molar-refractivity contribution in [2.24, 2.45) is 0 Å². The van der Waals surface area contributed by atoms with Crippen molar-refractivity contribution in [1.29, 1.82) is 0 Å². The fraction of sp³-hybridized carbons (Fsp3) is 0.500. The van der Waals surface area contributed by atoms with Crippen LogP contribution < -0.4 is 5.32 Å². The zero-order valence-electron chi connectivity index (χ0n) is 16.3. The lowest BCUT2D eigenvalue weighted by atomic mass is 10.0. The third-order valence-electron chi connectivity index (χ3n) is 4.53. The number of likely N-dealkylation sites (tertiary alicyclic amines) is 1. The number of carbonyl (C=O) groups is 2. The van der Waals surface area contributed by atoms with Crippen molar-refractivity contribution in [1.82, 2.24) is 10.2 Å². The fourth-order valence-electron chi connectivity index (χ4n) is 3.29. The van der Waals surface area contributed by atoms with E-state index in [-0.39, 0.29) is 30.6 Å². The summed E-state index contributed by atoms with van der Waals surface area (Å²) in [5.41, 5.74) is 1.04. The second-order valence-corrected chi connectivity index (χ2v) is 8.44. The Balaban J connectivity index is 1.73. The van der Waals surface area contributed by atoms with Gasteiger partial charge in [0.25, 0.3) is 5.91 Å². The number of nitrogens with one attached hydrogen (secondary N) is 1. The Morgan fingerprint density at radius 3 is 2.71 bits per heavy atom. The lowest BCUT2D eigenvalue weighted by Crippen LogP contribution is -2.54. The molecule has 2 aromatic rings. The van der Waals surface area contributed by atoms with Crippen LogP contribution in [0, 0.1) is 6.92 Å². The van der Waals surface area contributed by atoms with Crippen LogP contribution in [0.15, 0.2) is 22.6 Å².